The second-order valence-electron chi connectivity index (χ2n) is 8.01. The molecule has 0 spiro atoms. The summed E-state index contributed by atoms with van der Waals surface area (Å²) in [5.41, 5.74) is 4.84. The third-order valence-corrected chi connectivity index (χ3v) is 6.28. The van der Waals surface area contributed by atoms with Crippen molar-refractivity contribution in [3.63, 3.8) is 0 Å². The molecule has 0 aliphatic heterocycles. The maximum atomic E-state index is 13.0. The van der Waals surface area contributed by atoms with E-state index in [0.29, 0.717) is 18.9 Å². The van der Waals surface area contributed by atoms with Gasteiger partial charge >= 0.3 is 0 Å². The van der Waals surface area contributed by atoms with Gasteiger partial charge in [-0.15, -0.1) is 11.8 Å². The first-order valence-electron chi connectivity index (χ1n) is 10.4. The van der Waals surface area contributed by atoms with Crippen LogP contribution in [0.25, 0.3) is 16.9 Å². The number of imidazole rings is 1. The molecule has 0 radical (unpaired) electrons. The van der Waals surface area contributed by atoms with Crippen molar-refractivity contribution in [2.75, 3.05) is 38.0 Å². The molecule has 0 unspecified atom stereocenters. The molecule has 5 nitrogen and oxygen atoms in total. The lowest BCUT2D eigenvalue weighted by molar-refractivity contribution is 0.415. The summed E-state index contributed by atoms with van der Waals surface area (Å²) in [5, 5.41) is 0.951. The molecule has 4 rings (SSSR count). The lowest BCUT2D eigenvalue weighted by Crippen LogP contribution is -2.29. The molecule has 0 saturated heterocycles. The van der Waals surface area contributed by atoms with E-state index in [0.717, 1.165) is 51.2 Å². The van der Waals surface area contributed by atoms with E-state index >= 15 is 0 Å². The largest absolute Gasteiger partial charge is 0.496 e. The Morgan fingerprint density at radius 1 is 1.30 bits per heavy atom. The summed E-state index contributed by atoms with van der Waals surface area (Å²) < 4.78 is 20.8. The predicted molar refractivity (Wildman–Crippen MR) is 122 cm³/mol. The highest BCUT2D eigenvalue weighted by Gasteiger charge is 2.28. The zero-order chi connectivity index (χ0) is 21.3. The molecule has 3 aromatic rings. The van der Waals surface area contributed by atoms with Crippen LogP contribution in [0.2, 0.25) is 0 Å². The van der Waals surface area contributed by atoms with Gasteiger partial charge in [0.15, 0.2) is 5.65 Å². The van der Waals surface area contributed by atoms with E-state index in [9.17, 15) is 4.39 Å². The summed E-state index contributed by atoms with van der Waals surface area (Å²) in [5.74, 6) is 2.55. The second kappa shape index (κ2) is 8.84. The zero-order valence-corrected chi connectivity index (χ0v) is 18.9. The van der Waals surface area contributed by atoms with Crippen molar-refractivity contribution >= 4 is 23.2 Å². The number of aromatic nitrogens is 3. The fourth-order valence-electron chi connectivity index (χ4n) is 4.08. The van der Waals surface area contributed by atoms with Gasteiger partial charge in [-0.05, 0) is 62.5 Å². The highest BCUT2D eigenvalue weighted by molar-refractivity contribution is 7.98. The Hall–Kier alpha value is -2.28. The first kappa shape index (κ1) is 21.0. The van der Waals surface area contributed by atoms with Crippen molar-refractivity contribution in [3.05, 3.63) is 35.7 Å². The molecule has 2 aromatic heterocycles. The summed E-state index contributed by atoms with van der Waals surface area (Å²) in [6.45, 7) is 5.48. The van der Waals surface area contributed by atoms with E-state index in [4.69, 9.17) is 14.7 Å². The number of alkyl halides is 1. The molecule has 7 heteroatoms. The van der Waals surface area contributed by atoms with Gasteiger partial charge < -0.3 is 9.64 Å². The van der Waals surface area contributed by atoms with Gasteiger partial charge in [-0.3, -0.25) is 13.8 Å². The summed E-state index contributed by atoms with van der Waals surface area (Å²) in [7, 11) is 1.69. The lowest BCUT2D eigenvalue weighted by Gasteiger charge is -2.24. The number of ether oxygens (including phenoxy) is 1. The van der Waals surface area contributed by atoms with Crippen LogP contribution in [0.3, 0.4) is 0 Å². The first-order chi connectivity index (χ1) is 14.6. The quantitative estimate of drug-likeness (QED) is 0.432. The van der Waals surface area contributed by atoms with Gasteiger partial charge in [-0.25, -0.2) is 4.98 Å². The van der Waals surface area contributed by atoms with Gasteiger partial charge in [0, 0.05) is 31.0 Å². The monoisotopic (exact) mass is 428 g/mol. The molecule has 0 N–H and O–H groups in total. The molecule has 0 amide bonds. The standard InChI is InChI=1S/C23H29FN4OS/c1-15-12-16(2)19(18(13-15)29-3)20-21-26-22(30-4)23(28(21)11-9-25-20)27(10-5-8-24)14-17-6-7-17/h9,11-13,17H,5-8,10,14H2,1-4H3. The SMILES string of the molecule is COc1cc(C)cc(C)c1-c1nccn2c(N(CCCF)CC3CC3)c(SC)nc12. The maximum absolute atomic E-state index is 13.0. The molecule has 0 bridgehead atoms. The Bertz CT molecular complexity index is 1050. The predicted octanol–water partition coefficient (Wildman–Crippen LogP) is 5.32. The van der Waals surface area contributed by atoms with E-state index in [1.54, 1.807) is 18.9 Å². The normalized spacial score (nSPS) is 13.8. The minimum Gasteiger partial charge on any atom is -0.496 e. The van der Waals surface area contributed by atoms with Crippen molar-refractivity contribution in [1.82, 2.24) is 14.4 Å². The number of hydrogen-bond acceptors (Lipinski definition) is 5. The van der Waals surface area contributed by atoms with E-state index in [1.807, 2.05) is 24.7 Å². The van der Waals surface area contributed by atoms with Crippen molar-refractivity contribution in [2.24, 2.45) is 5.92 Å². The zero-order valence-electron chi connectivity index (χ0n) is 18.1. The molecular formula is C23H29FN4OS. The third-order valence-electron chi connectivity index (χ3n) is 5.62. The first-order valence-corrected chi connectivity index (χ1v) is 11.7. The molecule has 1 aliphatic rings. The Kier molecular flexibility index (Phi) is 6.18. The number of rotatable bonds is 9. The smallest absolute Gasteiger partial charge is 0.166 e. The van der Waals surface area contributed by atoms with E-state index in [-0.39, 0.29) is 6.67 Å². The van der Waals surface area contributed by atoms with E-state index in [1.165, 1.54) is 12.8 Å². The van der Waals surface area contributed by atoms with Crippen LogP contribution in [0.4, 0.5) is 10.2 Å². The molecule has 160 valence electrons. The summed E-state index contributed by atoms with van der Waals surface area (Å²) in [4.78, 5) is 12.0. The average Bonchev–Trinajstić information content (AvgIpc) is 3.47. The molecule has 0 atom stereocenters. The lowest BCUT2D eigenvalue weighted by atomic mass is 10.0. The minimum atomic E-state index is -0.306. The number of nitrogens with zero attached hydrogens (tertiary/aromatic N) is 4. The number of aryl methyl sites for hydroxylation is 2. The number of hydrogen-bond donors (Lipinski definition) is 0. The third kappa shape index (κ3) is 4.00. The van der Waals surface area contributed by atoms with Crippen LogP contribution in [-0.2, 0) is 0 Å². The number of anilines is 1. The highest BCUT2D eigenvalue weighted by Crippen LogP contribution is 2.39. The fraction of sp³-hybridized carbons (Fsp3) is 0.478. The van der Waals surface area contributed by atoms with Gasteiger partial charge in [-0.2, -0.15) is 0 Å². The van der Waals surface area contributed by atoms with Gasteiger partial charge in [0.05, 0.1) is 13.8 Å². The van der Waals surface area contributed by atoms with Crippen LogP contribution in [0.15, 0.2) is 29.6 Å². The van der Waals surface area contributed by atoms with Gasteiger partial charge in [-0.1, -0.05) is 6.07 Å². The van der Waals surface area contributed by atoms with Crippen molar-refractivity contribution in [2.45, 2.75) is 38.1 Å². The van der Waals surface area contributed by atoms with Crippen molar-refractivity contribution in [1.29, 1.82) is 0 Å². The Balaban J connectivity index is 1.89. The fourth-order valence-corrected chi connectivity index (χ4v) is 4.67. The van der Waals surface area contributed by atoms with Crippen molar-refractivity contribution < 1.29 is 9.13 Å². The Morgan fingerprint density at radius 3 is 2.77 bits per heavy atom. The van der Waals surface area contributed by atoms with E-state index < -0.39 is 0 Å². The average molecular weight is 429 g/mol. The Morgan fingerprint density at radius 2 is 2.10 bits per heavy atom. The maximum Gasteiger partial charge on any atom is 0.166 e. The number of halogens is 1. The molecule has 1 saturated carbocycles. The molecule has 30 heavy (non-hydrogen) atoms. The summed E-state index contributed by atoms with van der Waals surface area (Å²) in [6.07, 6.45) is 8.86. The Labute approximate surface area is 181 Å². The van der Waals surface area contributed by atoms with Gasteiger partial charge in [0.1, 0.15) is 22.3 Å². The molecule has 1 aromatic carbocycles. The van der Waals surface area contributed by atoms with Crippen LogP contribution in [0.5, 0.6) is 5.75 Å². The highest BCUT2D eigenvalue weighted by atomic mass is 32.2. The second-order valence-corrected chi connectivity index (χ2v) is 8.80. The van der Waals surface area contributed by atoms with Crippen molar-refractivity contribution in [3.8, 4) is 17.0 Å². The molecular weight excluding hydrogens is 399 g/mol. The molecule has 1 fully saturated rings. The van der Waals surface area contributed by atoms with Gasteiger partial charge in [0.2, 0.25) is 0 Å². The summed E-state index contributed by atoms with van der Waals surface area (Å²) >= 11 is 1.62. The van der Waals surface area contributed by atoms with Gasteiger partial charge in [0.25, 0.3) is 0 Å². The number of fused-ring (bicyclic) bond motifs is 1. The minimum absolute atomic E-state index is 0.306. The topological polar surface area (TPSA) is 42.7 Å². The van der Waals surface area contributed by atoms with Crippen LogP contribution in [0.1, 0.15) is 30.4 Å². The molecule has 2 heterocycles. The number of benzene rings is 1. The summed E-state index contributed by atoms with van der Waals surface area (Å²) in [6, 6.07) is 4.18. The van der Waals surface area contributed by atoms with Crippen LogP contribution in [-0.4, -0.2) is 47.5 Å². The van der Waals surface area contributed by atoms with Crippen LogP contribution >= 0.6 is 11.8 Å². The molecule has 1 aliphatic carbocycles. The van der Waals surface area contributed by atoms with Crippen LogP contribution in [0, 0.1) is 19.8 Å². The number of methoxy groups -OCH3 is 1. The number of thioether (sulfide) groups is 1. The van der Waals surface area contributed by atoms with E-state index in [2.05, 4.69) is 29.2 Å². The van der Waals surface area contributed by atoms with Crippen LogP contribution < -0.4 is 9.64 Å².